The molecule has 2 N–H and O–H groups in total. The highest BCUT2D eigenvalue weighted by atomic mass is 127. The monoisotopic (exact) mass is 496 g/mol. The molecule has 0 bridgehead atoms. The maximum atomic E-state index is 5.96. The van der Waals surface area contributed by atoms with Crippen molar-refractivity contribution in [1.29, 1.82) is 0 Å². The fourth-order valence-corrected chi connectivity index (χ4v) is 3.33. The van der Waals surface area contributed by atoms with Crippen LogP contribution in [0, 0.1) is 13.8 Å². The van der Waals surface area contributed by atoms with Gasteiger partial charge in [0.05, 0.1) is 11.7 Å². The number of hydrogen-bond donors (Lipinski definition) is 2. The van der Waals surface area contributed by atoms with Crippen molar-refractivity contribution in [1.82, 2.24) is 15.8 Å². The summed E-state index contributed by atoms with van der Waals surface area (Å²) in [6.45, 7) is 11.6. The molecule has 0 radical (unpaired) electrons. The van der Waals surface area contributed by atoms with Crippen molar-refractivity contribution >= 4 is 40.9 Å². The molecule has 152 valence electrons. The number of hydrogen-bond acceptors (Lipinski definition) is 4. The summed E-state index contributed by atoms with van der Waals surface area (Å²) in [4.78, 5) is 4.75. The number of benzene rings is 1. The van der Waals surface area contributed by atoms with Crippen LogP contribution in [0.4, 0.5) is 0 Å². The third-order valence-corrected chi connectivity index (χ3v) is 4.67. The molecule has 2 atom stereocenters. The van der Waals surface area contributed by atoms with Crippen molar-refractivity contribution in [2.45, 2.75) is 46.6 Å². The lowest BCUT2D eigenvalue weighted by Crippen LogP contribution is -2.38. The van der Waals surface area contributed by atoms with Crippen LogP contribution in [0.2, 0.25) is 0 Å². The molecule has 0 amide bonds. The van der Waals surface area contributed by atoms with Crippen LogP contribution in [-0.4, -0.2) is 24.2 Å². The van der Waals surface area contributed by atoms with Gasteiger partial charge in [0.1, 0.15) is 17.1 Å². The first-order valence-electron chi connectivity index (χ1n) is 9.45. The second-order valence-electron chi connectivity index (χ2n) is 6.91. The van der Waals surface area contributed by atoms with Crippen molar-refractivity contribution in [3.8, 4) is 0 Å². The van der Waals surface area contributed by atoms with E-state index in [9.17, 15) is 0 Å². The number of furan rings is 1. The SMILES string of the molecule is CCNC(=NCC(C)c1c(C)noc1C)NC(C)c1cc2ccccc2o1.I. The first-order chi connectivity index (χ1) is 13.0. The largest absolute Gasteiger partial charge is 0.459 e. The molecule has 3 aromatic rings. The fraction of sp³-hybridized carbons (Fsp3) is 0.429. The van der Waals surface area contributed by atoms with Gasteiger partial charge in [-0.25, -0.2) is 0 Å². The number of rotatable bonds is 6. The van der Waals surface area contributed by atoms with Crippen LogP contribution in [0.5, 0.6) is 0 Å². The van der Waals surface area contributed by atoms with Crippen molar-refractivity contribution in [3.05, 3.63) is 53.1 Å². The van der Waals surface area contributed by atoms with E-state index in [4.69, 9.17) is 13.9 Å². The molecular formula is C21H29IN4O2. The minimum Gasteiger partial charge on any atom is -0.459 e. The first-order valence-corrected chi connectivity index (χ1v) is 9.45. The summed E-state index contributed by atoms with van der Waals surface area (Å²) in [6.07, 6.45) is 0. The molecule has 2 heterocycles. The number of fused-ring (bicyclic) bond motifs is 1. The molecule has 0 aliphatic rings. The van der Waals surface area contributed by atoms with Gasteiger partial charge in [-0.2, -0.15) is 0 Å². The average Bonchev–Trinajstić information content (AvgIpc) is 3.23. The van der Waals surface area contributed by atoms with Crippen LogP contribution < -0.4 is 10.6 Å². The number of para-hydroxylation sites is 1. The summed E-state index contributed by atoms with van der Waals surface area (Å²) in [7, 11) is 0. The lowest BCUT2D eigenvalue weighted by Gasteiger charge is -2.17. The van der Waals surface area contributed by atoms with Gasteiger partial charge in [0, 0.05) is 30.0 Å². The van der Waals surface area contributed by atoms with E-state index in [0.717, 1.165) is 46.3 Å². The van der Waals surface area contributed by atoms with Crippen molar-refractivity contribution in [2.75, 3.05) is 13.1 Å². The highest BCUT2D eigenvalue weighted by molar-refractivity contribution is 14.0. The minimum absolute atomic E-state index is 0. The number of aryl methyl sites for hydroxylation is 2. The Morgan fingerprint density at radius 1 is 1.21 bits per heavy atom. The number of nitrogens with one attached hydrogen (secondary N) is 2. The molecular weight excluding hydrogens is 467 g/mol. The average molecular weight is 496 g/mol. The predicted molar refractivity (Wildman–Crippen MR) is 124 cm³/mol. The lowest BCUT2D eigenvalue weighted by molar-refractivity contribution is 0.391. The maximum Gasteiger partial charge on any atom is 0.191 e. The Hall–Kier alpha value is -2.03. The summed E-state index contributed by atoms with van der Waals surface area (Å²) in [5.74, 6) is 2.75. The normalized spacial score (nSPS) is 13.8. The number of aromatic nitrogens is 1. The third-order valence-electron chi connectivity index (χ3n) is 4.67. The van der Waals surface area contributed by atoms with Gasteiger partial charge in [0.25, 0.3) is 0 Å². The van der Waals surface area contributed by atoms with Crippen LogP contribution in [0.3, 0.4) is 0 Å². The van der Waals surface area contributed by atoms with Crippen molar-refractivity contribution < 1.29 is 8.94 Å². The van der Waals surface area contributed by atoms with Crippen LogP contribution in [0.25, 0.3) is 11.0 Å². The van der Waals surface area contributed by atoms with E-state index in [0.29, 0.717) is 6.54 Å². The molecule has 6 nitrogen and oxygen atoms in total. The standard InChI is InChI=1S/C21H28N4O2.HI/c1-6-22-21(23-12-13(2)20-15(4)25-27-16(20)5)24-14(3)19-11-17-9-7-8-10-18(17)26-19;/h7-11,13-14H,6,12H2,1-5H3,(H2,22,23,24);1H. The van der Waals surface area contributed by atoms with E-state index in [1.807, 2.05) is 32.0 Å². The van der Waals surface area contributed by atoms with Crippen LogP contribution >= 0.6 is 24.0 Å². The van der Waals surface area contributed by atoms with E-state index in [1.165, 1.54) is 0 Å². The first kappa shape index (κ1) is 22.3. The Morgan fingerprint density at radius 3 is 2.61 bits per heavy atom. The minimum atomic E-state index is 0. The molecule has 7 heteroatoms. The molecule has 0 spiro atoms. The third kappa shape index (κ3) is 5.06. The Labute approximate surface area is 183 Å². The quantitative estimate of drug-likeness (QED) is 0.283. The lowest BCUT2D eigenvalue weighted by atomic mass is 10.00. The Morgan fingerprint density at radius 2 is 1.96 bits per heavy atom. The van der Waals surface area contributed by atoms with Gasteiger partial charge in [-0.3, -0.25) is 4.99 Å². The zero-order chi connectivity index (χ0) is 19.4. The molecule has 0 aliphatic heterocycles. The number of nitrogens with zero attached hydrogens (tertiary/aromatic N) is 2. The number of halogens is 1. The molecule has 0 saturated carbocycles. The van der Waals surface area contributed by atoms with Gasteiger partial charge in [-0.05, 0) is 39.8 Å². The van der Waals surface area contributed by atoms with E-state index in [1.54, 1.807) is 0 Å². The summed E-state index contributed by atoms with van der Waals surface area (Å²) < 4.78 is 11.2. The maximum absolute atomic E-state index is 5.96. The molecule has 0 saturated heterocycles. The second kappa shape index (κ2) is 9.95. The Balaban J connectivity index is 0.00000280. The number of guanidine groups is 1. The Kier molecular flexibility index (Phi) is 7.91. The topological polar surface area (TPSA) is 75.6 Å². The predicted octanol–water partition coefficient (Wildman–Crippen LogP) is 5.08. The summed E-state index contributed by atoms with van der Waals surface area (Å²) >= 11 is 0. The highest BCUT2D eigenvalue weighted by Gasteiger charge is 2.17. The smallest absolute Gasteiger partial charge is 0.191 e. The van der Waals surface area contributed by atoms with Crippen molar-refractivity contribution in [2.24, 2.45) is 4.99 Å². The summed E-state index contributed by atoms with van der Waals surface area (Å²) in [6, 6.07) is 10.1. The Bertz CT molecular complexity index is 879. The van der Waals surface area contributed by atoms with Gasteiger partial charge < -0.3 is 19.6 Å². The van der Waals surface area contributed by atoms with E-state index in [-0.39, 0.29) is 35.9 Å². The van der Waals surface area contributed by atoms with Crippen molar-refractivity contribution in [3.63, 3.8) is 0 Å². The van der Waals surface area contributed by atoms with E-state index < -0.39 is 0 Å². The number of aliphatic imine (C=N–C) groups is 1. The van der Waals surface area contributed by atoms with E-state index >= 15 is 0 Å². The van der Waals surface area contributed by atoms with Gasteiger partial charge in [-0.15, -0.1) is 24.0 Å². The van der Waals surface area contributed by atoms with Gasteiger partial charge in [-0.1, -0.05) is 30.3 Å². The van der Waals surface area contributed by atoms with Gasteiger partial charge >= 0.3 is 0 Å². The van der Waals surface area contributed by atoms with Gasteiger partial charge in [0.15, 0.2) is 5.96 Å². The molecule has 2 aromatic heterocycles. The molecule has 28 heavy (non-hydrogen) atoms. The zero-order valence-electron chi connectivity index (χ0n) is 17.1. The van der Waals surface area contributed by atoms with Crippen LogP contribution in [0.1, 0.15) is 55.5 Å². The molecule has 2 unspecified atom stereocenters. The van der Waals surface area contributed by atoms with Crippen LogP contribution in [0.15, 0.2) is 44.3 Å². The molecule has 0 fully saturated rings. The fourth-order valence-electron chi connectivity index (χ4n) is 3.33. The zero-order valence-corrected chi connectivity index (χ0v) is 19.4. The highest BCUT2D eigenvalue weighted by Crippen LogP contribution is 2.24. The summed E-state index contributed by atoms with van der Waals surface area (Å²) in [5, 5.41) is 11.9. The molecule has 1 aromatic carbocycles. The molecule has 3 rings (SSSR count). The summed E-state index contributed by atoms with van der Waals surface area (Å²) in [5.41, 5.74) is 2.97. The second-order valence-corrected chi connectivity index (χ2v) is 6.91. The van der Waals surface area contributed by atoms with E-state index in [2.05, 4.69) is 48.7 Å². The van der Waals surface area contributed by atoms with Gasteiger partial charge in [0.2, 0.25) is 0 Å². The van der Waals surface area contributed by atoms with Crippen LogP contribution in [-0.2, 0) is 0 Å². The molecule has 0 aliphatic carbocycles.